The molecule has 0 radical (unpaired) electrons. The zero-order valence-corrected chi connectivity index (χ0v) is 12.3. The van der Waals surface area contributed by atoms with E-state index in [0.717, 1.165) is 32.1 Å². The van der Waals surface area contributed by atoms with Crippen LogP contribution < -0.4 is 0 Å². The molecule has 2 unspecified atom stereocenters. The van der Waals surface area contributed by atoms with Gasteiger partial charge in [-0.05, 0) is 43.9 Å². The van der Waals surface area contributed by atoms with Gasteiger partial charge in [-0.1, -0.05) is 34.1 Å². The van der Waals surface area contributed by atoms with Gasteiger partial charge in [-0.3, -0.25) is 0 Å². The maximum Gasteiger partial charge on any atom is 0.0943 e. The van der Waals surface area contributed by atoms with Gasteiger partial charge in [-0.25, -0.2) is 0 Å². The van der Waals surface area contributed by atoms with Gasteiger partial charge in [0.25, 0.3) is 0 Å². The number of ether oxygens (including phenoxy) is 1. The van der Waals surface area contributed by atoms with Crippen molar-refractivity contribution in [2.24, 2.45) is 11.3 Å². The second-order valence-corrected chi connectivity index (χ2v) is 6.49. The average Bonchev–Trinajstić information content (AvgIpc) is 2.30. The molecular formula is C15H30O2. The highest BCUT2D eigenvalue weighted by atomic mass is 16.5. The molecule has 1 N–H and O–H groups in total. The van der Waals surface area contributed by atoms with Crippen molar-refractivity contribution in [1.29, 1.82) is 0 Å². The summed E-state index contributed by atoms with van der Waals surface area (Å²) in [7, 11) is 0. The van der Waals surface area contributed by atoms with E-state index < -0.39 is 0 Å². The summed E-state index contributed by atoms with van der Waals surface area (Å²) >= 11 is 0. The number of hydrogen-bond acceptors (Lipinski definition) is 2. The fourth-order valence-electron chi connectivity index (χ4n) is 2.90. The normalized spacial score (nSPS) is 26.5. The van der Waals surface area contributed by atoms with Crippen LogP contribution in [-0.4, -0.2) is 23.4 Å². The SMILES string of the molecule is CCOC1(C(O)C(C)CC)CCC(C)(C)CC1. The van der Waals surface area contributed by atoms with E-state index in [0.29, 0.717) is 17.9 Å². The summed E-state index contributed by atoms with van der Waals surface area (Å²) in [4.78, 5) is 0. The van der Waals surface area contributed by atoms with E-state index >= 15 is 0 Å². The van der Waals surface area contributed by atoms with E-state index in [4.69, 9.17) is 4.74 Å². The first-order chi connectivity index (χ1) is 7.87. The first-order valence-electron chi connectivity index (χ1n) is 7.19. The molecule has 102 valence electrons. The maximum absolute atomic E-state index is 10.6. The molecule has 0 aromatic rings. The summed E-state index contributed by atoms with van der Waals surface area (Å²) in [6.07, 6.45) is 5.00. The highest BCUT2D eigenvalue weighted by Crippen LogP contribution is 2.45. The highest BCUT2D eigenvalue weighted by Gasteiger charge is 2.45. The van der Waals surface area contributed by atoms with Gasteiger partial charge in [0.15, 0.2) is 0 Å². The van der Waals surface area contributed by atoms with Crippen LogP contribution in [0.2, 0.25) is 0 Å². The minimum Gasteiger partial charge on any atom is -0.390 e. The Morgan fingerprint density at radius 1 is 1.12 bits per heavy atom. The Morgan fingerprint density at radius 2 is 1.65 bits per heavy atom. The van der Waals surface area contributed by atoms with Crippen LogP contribution in [-0.2, 0) is 4.74 Å². The van der Waals surface area contributed by atoms with Crippen molar-refractivity contribution in [3.05, 3.63) is 0 Å². The molecule has 0 aliphatic heterocycles. The summed E-state index contributed by atoms with van der Waals surface area (Å²) < 4.78 is 6.00. The molecule has 0 bridgehead atoms. The molecule has 1 aliphatic carbocycles. The van der Waals surface area contributed by atoms with E-state index in [1.54, 1.807) is 0 Å². The Morgan fingerprint density at radius 3 is 2.06 bits per heavy atom. The van der Waals surface area contributed by atoms with E-state index in [-0.39, 0.29) is 11.7 Å². The van der Waals surface area contributed by atoms with Crippen molar-refractivity contribution in [3.8, 4) is 0 Å². The van der Waals surface area contributed by atoms with Crippen LogP contribution in [0.3, 0.4) is 0 Å². The van der Waals surface area contributed by atoms with Crippen LogP contribution in [0, 0.1) is 11.3 Å². The Hall–Kier alpha value is -0.0800. The van der Waals surface area contributed by atoms with E-state index in [1.165, 1.54) is 0 Å². The van der Waals surface area contributed by atoms with Gasteiger partial charge < -0.3 is 9.84 Å². The molecule has 1 aliphatic rings. The minimum absolute atomic E-state index is 0.278. The molecule has 2 heteroatoms. The Labute approximate surface area is 107 Å². The third kappa shape index (κ3) is 3.45. The van der Waals surface area contributed by atoms with Crippen LogP contribution in [0.15, 0.2) is 0 Å². The van der Waals surface area contributed by atoms with Crippen molar-refractivity contribution in [1.82, 2.24) is 0 Å². The number of hydrogen-bond donors (Lipinski definition) is 1. The van der Waals surface area contributed by atoms with E-state index in [2.05, 4.69) is 27.7 Å². The largest absolute Gasteiger partial charge is 0.390 e. The standard InChI is InChI=1S/C15H30O2/c1-6-12(3)13(16)15(17-7-2)10-8-14(4,5)9-11-15/h12-13,16H,6-11H2,1-5H3. The summed E-state index contributed by atoms with van der Waals surface area (Å²) in [5, 5.41) is 10.6. The fraction of sp³-hybridized carbons (Fsp3) is 1.00. The van der Waals surface area contributed by atoms with Crippen molar-refractivity contribution >= 4 is 0 Å². The van der Waals surface area contributed by atoms with Crippen LogP contribution in [0.4, 0.5) is 0 Å². The molecule has 1 saturated carbocycles. The number of aliphatic hydroxyl groups is 1. The lowest BCUT2D eigenvalue weighted by molar-refractivity contribution is -0.165. The predicted octanol–water partition coefficient (Wildman–Crippen LogP) is 3.77. The Kier molecular flexibility index (Phi) is 5.03. The molecule has 2 atom stereocenters. The van der Waals surface area contributed by atoms with Crippen molar-refractivity contribution in [2.45, 2.75) is 78.4 Å². The van der Waals surface area contributed by atoms with E-state index in [9.17, 15) is 5.11 Å². The quantitative estimate of drug-likeness (QED) is 0.795. The molecule has 17 heavy (non-hydrogen) atoms. The van der Waals surface area contributed by atoms with Gasteiger partial charge in [0.1, 0.15) is 0 Å². The van der Waals surface area contributed by atoms with Crippen molar-refractivity contribution < 1.29 is 9.84 Å². The third-order valence-electron chi connectivity index (χ3n) is 4.60. The molecule has 0 amide bonds. The van der Waals surface area contributed by atoms with Gasteiger partial charge in [0.2, 0.25) is 0 Å². The second kappa shape index (κ2) is 5.71. The zero-order chi connectivity index (χ0) is 13.1. The van der Waals surface area contributed by atoms with Crippen molar-refractivity contribution in [3.63, 3.8) is 0 Å². The second-order valence-electron chi connectivity index (χ2n) is 6.49. The molecule has 0 heterocycles. The molecule has 0 spiro atoms. The summed E-state index contributed by atoms with van der Waals surface area (Å²) in [5.74, 6) is 0.322. The van der Waals surface area contributed by atoms with Crippen LogP contribution in [0.5, 0.6) is 0 Å². The monoisotopic (exact) mass is 242 g/mol. The lowest BCUT2D eigenvalue weighted by Gasteiger charge is -2.47. The lowest BCUT2D eigenvalue weighted by atomic mass is 9.67. The topological polar surface area (TPSA) is 29.5 Å². The molecule has 1 fully saturated rings. The van der Waals surface area contributed by atoms with Crippen LogP contribution in [0.1, 0.15) is 66.7 Å². The summed E-state index contributed by atoms with van der Waals surface area (Å²) in [5.41, 5.74) is 0.134. The van der Waals surface area contributed by atoms with Gasteiger partial charge in [0, 0.05) is 6.61 Å². The average molecular weight is 242 g/mol. The highest BCUT2D eigenvalue weighted by molar-refractivity contribution is 4.97. The smallest absolute Gasteiger partial charge is 0.0943 e. The van der Waals surface area contributed by atoms with Gasteiger partial charge >= 0.3 is 0 Å². The van der Waals surface area contributed by atoms with E-state index in [1.807, 2.05) is 6.92 Å². The van der Waals surface area contributed by atoms with Gasteiger partial charge in [0.05, 0.1) is 11.7 Å². The molecule has 1 rings (SSSR count). The third-order valence-corrected chi connectivity index (χ3v) is 4.60. The van der Waals surface area contributed by atoms with Crippen molar-refractivity contribution in [2.75, 3.05) is 6.61 Å². The predicted molar refractivity (Wildman–Crippen MR) is 72.1 cm³/mol. The Balaban J connectivity index is 2.77. The van der Waals surface area contributed by atoms with Crippen LogP contribution in [0.25, 0.3) is 0 Å². The lowest BCUT2D eigenvalue weighted by Crippen LogP contribution is -2.51. The summed E-state index contributed by atoms with van der Waals surface area (Å²) in [6, 6.07) is 0. The fourth-order valence-corrected chi connectivity index (χ4v) is 2.90. The molecule has 0 saturated heterocycles. The molecule has 0 aromatic carbocycles. The minimum atomic E-state index is -0.316. The molecular weight excluding hydrogens is 212 g/mol. The first-order valence-corrected chi connectivity index (χ1v) is 7.19. The summed E-state index contributed by atoms with van der Waals surface area (Å²) in [6.45, 7) is 11.6. The maximum atomic E-state index is 10.6. The Bertz CT molecular complexity index is 225. The zero-order valence-electron chi connectivity index (χ0n) is 12.3. The number of rotatable bonds is 5. The first kappa shape index (κ1) is 15.0. The van der Waals surface area contributed by atoms with Gasteiger partial charge in [-0.15, -0.1) is 0 Å². The van der Waals surface area contributed by atoms with Crippen LogP contribution >= 0.6 is 0 Å². The van der Waals surface area contributed by atoms with Gasteiger partial charge in [-0.2, -0.15) is 0 Å². The molecule has 2 nitrogen and oxygen atoms in total. The number of aliphatic hydroxyl groups excluding tert-OH is 1. The molecule has 0 aromatic heterocycles.